The number of carbonyl (C=O) groups excluding carboxylic acids is 1. The molecule has 1 aliphatic heterocycles. The number of carbonyl (C=O) groups is 1. The number of rotatable bonds is 6. The van der Waals surface area contributed by atoms with Gasteiger partial charge in [-0.3, -0.25) is 4.68 Å². The molecule has 31 heavy (non-hydrogen) atoms. The minimum absolute atomic E-state index is 0.213. The van der Waals surface area contributed by atoms with Crippen molar-refractivity contribution in [1.29, 1.82) is 0 Å². The fourth-order valence-electron chi connectivity index (χ4n) is 3.92. The van der Waals surface area contributed by atoms with E-state index in [4.69, 9.17) is 9.73 Å². The molecule has 0 aromatic carbocycles. The summed E-state index contributed by atoms with van der Waals surface area (Å²) in [6.45, 7) is 18.7. The average Bonchev–Trinajstić information content (AvgIpc) is 2.94. The minimum atomic E-state index is -0.462. The predicted molar refractivity (Wildman–Crippen MR) is 125 cm³/mol. The molecular formula is C23H42N6O2. The van der Waals surface area contributed by atoms with Gasteiger partial charge >= 0.3 is 6.09 Å². The van der Waals surface area contributed by atoms with E-state index in [1.807, 2.05) is 51.2 Å². The van der Waals surface area contributed by atoms with Crippen molar-refractivity contribution in [2.45, 2.75) is 73.5 Å². The van der Waals surface area contributed by atoms with E-state index >= 15 is 0 Å². The van der Waals surface area contributed by atoms with Crippen molar-refractivity contribution in [2.75, 3.05) is 32.7 Å². The molecule has 0 saturated carbocycles. The average molecular weight is 435 g/mol. The van der Waals surface area contributed by atoms with Gasteiger partial charge in [0.1, 0.15) is 5.60 Å². The number of piperidine rings is 1. The van der Waals surface area contributed by atoms with E-state index in [1.54, 1.807) is 0 Å². The zero-order valence-electron chi connectivity index (χ0n) is 20.8. The Labute approximate surface area is 188 Å². The third kappa shape index (κ3) is 7.14. The summed E-state index contributed by atoms with van der Waals surface area (Å²) in [4.78, 5) is 21.5. The summed E-state index contributed by atoms with van der Waals surface area (Å²) in [5, 5.41) is 7.94. The number of likely N-dealkylation sites (tertiary alicyclic amines) is 1. The fraction of sp³-hybridized carbons (Fsp3) is 0.783. The molecule has 2 rings (SSSR count). The third-order valence-electron chi connectivity index (χ3n) is 5.81. The van der Waals surface area contributed by atoms with Crippen molar-refractivity contribution in [3.63, 3.8) is 0 Å². The molecule has 8 heteroatoms. The van der Waals surface area contributed by atoms with Gasteiger partial charge in [-0.05, 0) is 67.2 Å². The van der Waals surface area contributed by atoms with Gasteiger partial charge in [0.15, 0.2) is 5.96 Å². The first-order chi connectivity index (χ1) is 14.6. The molecule has 176 valence electrons. The number of nitrogens with zero attached hydrogens (tertiary/aromatic N) is 5. The highest BCUT2D eigenvalue weighted by molar-refractivity contribution is 5.80. The highest BCUT2D eigenvalue weighted by Gasteiger charge is 2.27. The van der Waals surface area contributed by atoms with Crippen LogP contribution >= 0.6 is 0 Å². The SMILES string of the molecule is CCNC(=NCc1c(C)nn(C)c1C)N1CCC(CN(CC)C(=O)OC(C)(C)C)CC1. The number of aromatic nitrogens is 2. The second-order valence-corrected chi connectivity index (χ2v) is 9.39. The summed E-state index contributed by atoms with van der Waals surface area (Å²) in [5.41, 5.74) is 2.94. The van der Waals surface area contributed by atoms with Crippen LogP contribution in [0.15, 0.2) is 4.99 Å². The van der Waals surface area contributed by atoms with Crippen molar-refractivity contribution < 1.29 is 9.53 Å². The molecule has 1 fully saturated rings. The van der Waals surface area contributed by atoms with Crippen LogP contribution in [0.1, 0.15) is 64.4 Å². The van der Waals surface area contributed by atoms with Gasteiger partial charge < -0.3 is 19.9 Å². The van der Waals surface area contributed by atoms with Crippen LogP contribution in [0.2, 0.25) is 0 Å². The van der Waals surface area contributed by atoms with Crippen LogP contribution in [0.4, 0.5) is 4.79 Å². The van der Waals surface area contributed by atoms with Gasteiger partial charge in [-0.15, -0.1) is 0 Å². The Morgan fingerprint density at radius 2 is 1.90 bits per heavy atom. The van der Waals surface area contributed by atoms with Gasteiger partial charge in [0.05, 0.1) is 12.2 Å². The first-order valence-corrected chi connectivity index (χ1v) is 11.6. The molecular weight excluding hydrogens is 392 g/mol. The maximum Gasteiger partial charge on any atom is 0.410 e. The summed E-state index contributed by atoms with van der Waals surface area (Å²) in [5.74, 6) is 1.44. The molecule has 0 aliphatic carbocycles. The molecule has 1 aliphatic rings. The Morgan fingerprint density at radius 3 is 2.39 bits per heavy atom. The van der Waals surface area contributed by atoms with Gasteiger partial charge in [-0.2, -0.15) is 5.10 Å². The molecule has 0 bridgehead atoms. The van der Waals surface area contributed by atoms with Crippen LogP contribution in [0.5, 0.6) is 0 Å². The van der Waals surface area contributed by atoms with E-state index in [2.05, 4.69) is 29.2 Å². The van der Waals surface area contributed by atoms with Crippen LogP contribution < -0.4 is 5.32 Å². The summed E-state index contributed by atoms with van der Waals surface area (Å²) in [7, 11) is 1.97. The minimum Gasteiger partial charge on any atom is -0.444 e. The Balaban J connectivity index is 1.96. The molecule has 1 saturated heterocycles. The maximum atomic E-state index is 12.5. The van der Waals surface area contributed by atoms with Gasteiger partial charge in [-0.1, -0.05) is 0 Å². The number of aryl methyl sites for hydroxylation is 2. The molecule has 1 aromatic heterocycles. The smallest absolute Gasteiger partial charge is 0.410 e. The van der Waals surface area contributed by atoms with E-state index in [0.29, 0.717) is 19.0 Å². The number of guanidine groups is 1. The monoisotopic (exact) mass is 434 g/mol. The Bertz CT molecular complexity index is 757. The first-order valence-electron chi connectivity index (χ1n) is 11.6. The van der Waals surface area contributed by atoms with E-state index < -0.39 is 5.60 Å². The van der Waals surface area contributed by atoms with Crippen LogP contribution in [0.25, 0.3) is 0 Å². The van der Waals surface area contributed by atoms with E-state index in [1.165, 1.54) is 5.56 Å². The summed E-state index contributed by atoms with van der Waals surface area (Å²) in [6, 6.07) is 0. The molecule has 1 aromatic rings. The number of amides is 1. The van der Waals surface area contributed by atoms with Gasteiger partial charge in [0, 0.05) is 51.0 Å². The lowest BCUT2D eigenvalue weighted by Gasteiger charge is -2.36. The fourth-order valence-corrected chi connectivity index (χ4v) is 3.92. The second-order valence-electron chi connectivity index (χ2n) is 9.39. The Hall–Kier alpha value is -2.25. The number of nitrogens with one attached hydrogen (secondary N) is 1. The van der Waals surface area contributed by atoms with Crippen LogP contribution in [-0.4, -0.2) is 70.0 Å². The Kier molecular flexibility index (Phi) is 8.77. The number of hydrogen-bond donors (Lipinski definition) is 1. The molecule has 1 amide bonds. The molecule has 2 heterocycles. The largest absolute Gasteiger partial charge is 0.444 e. The highest BCUT2D eigenvalue weighted by Crippen LogP contribution is 2.21. The molecule has 1 N–H and O–H groups in total. The van der Waals surface area contributed by atoms with Crippen molar-refractivity contribution in [1.82, 2.24) is 24.9 Å². The predicted octanol–water partition coefficient (Wildman–Crippen LogP) is 3.47. The summed E-state index contributed by atoms with van der Waals surface area (Å²) in [6.07, 6.45) is 1.86. The van der Waals surface area contributed by atoms with Crippen LogP contribution in [0.3, 0.4) is 0 Å². The van der Waals surface area contributed by atoms with E-state index in [9.17, 15) is 4.79 Å². The van der Waals surface area contributed by atoms with Crippen LogP contribution in [0, 0.1) is 19.8 Å². The number of aliphatic imine (C=N–C) groups is 1. The van der Waals surface area contributed by atoms with Gasteiger partial charge in [-0.25, -0.2) is 9.79 Å². The van der Waals surface area contributed by atoms with Crippen molar-refractivity contribution >= 4 is 12.1 Å². The van der Waals surface area contributed by atoms with Crippen molar-refractivity contribution in [3.05, 3.63) is 17.0 Å². The molecule has 0 unspecified atom stereocenters. The van der Waals surface area contributed by atoms with E-state index in [0.717, 1.165) is 56.4 Å². The molecule has 0 spiro atoms. The zero-order chi connectivity index (χ0) is 23.2. The second kappa shape index (κ2) is 10.9. The number of ether oxygens (including phenoxy) is 1. The lowest BCUT2D eigenvalue weighted by atomic mass is 9.96. The van der Waals surface area contributed by atoms with E-state index in [-0.39, 0.29) is 6.09 Å². The zero-order valence-corrected chi connectivity index (χ0v) is 20.8. The standard InChI is InChI=1S/C23H42N6O2/c1-9-24-21(25-15-20-17(3)26-27(8)18(20)4)29-13-11-19(12-14-29)16-28(10-2)22(30)31-23(5,6)7/h19H,9-16H2,1-8H3,(H,24,25). The normalized spacial score (nSPS) is 15.9. The molecule has 8 nitrogen and oxygen atoms in total. The lowest BCUT2D eigenvalue weighted by Crippen LogP contribution is -2.47. The van der Waals surface area contributed by atoms with Gasteiger partial charge in [0.25, 0.3) is 0 Å². The summed E-state index contributed by atoms with van der Waals surface area (Å²) < 4.78 is 7.48. The number of hydrogen-bond acceptors (Lipinski definition) is 4. The van der Waals surface area contributed by atoms with Crippen LogP contribution in [-0.2, 0) is 18.3 Å². The Morgan fingerprint density at radius 1 is 1.26 bits per heavy atom. The quantitative estimate of drug-likeness (QED) is 0.548. The molecule has 0 atom stereocenters. The third-order valence-corrected chi connectivity index (χ3v) is 5.81. The maximum absolute atomic E-state index is 12.5. The first kappa shape index (κ1) is 25.0. The van der Waals surface area contributed by atoms with Crippen molar-refractivity contribution in [2.24, 2.45) is 18.0 Å². The van der Waals surface area contributed by atoms with Crippen molar-refractivity contribution in [3.8, 4) is 0 Å². The van der Waals surface area contributed by atoms with Gasteiger partial charge in [0.2, 0.25) is 0 Å². The summed E-state index contributed by atoms with van der Waals surface area (Å²) >= 11 is 0. The molecule has 0 radical (unpaired) electrons. The highest BCUT2D eigenvalue weighted by atomic mass is 16.6. The lowest BCUT2D eigenvalue weighted by molar-refractivity contribution is 0.0214. The topological polar surface area (TPSA) is 75.0 Å².